The highest BCUT2D eigenvalue weighted by molar-refractivity contribution is 7.89. The van der Waals surface area contributed by atoms with Gasteiger partial charge in [-0.15, -0.1) is 0 Å². The number of nitriles is 1. The summed E-state index contributed by atoms with van der Waals surface area (Å²) in [5.74, 6) is -1.09. The molecule has 0 amide bonds. The van der Waals surface area contributed by atoms with Crippen molar-refractivity contribution in [3.63, 3.8) is 0 Å². The lowest BCUT2D eigenvalue weighted by molar-refractivity contribution is -0.137. The SMILES string of the molecule is CCN(CCC(=O)O)S(=O)(=O)c1cc(C#N)ccc1Cl. The molecule has 0 saturated carbocycles. The lowest BCUT2D eigenvalue weighted by atomic mass is 10.2. The molecule has 1 aromatic carbocycles. The predicted octanol–water partition coefficient (Wildman–Crippen LogP) is 1.70. The van der Waals surface area contributed by atoms with Crippen LogP contribution < -0.4 is 0 Å². The topological polar surface area (TPSA) is 98.5 Å². The summed E-state index contributed by atoms with van der Waals surface area (Å²) in [5, 5.41) is 17.4. The molecule has 0 atom stereocenters. The van der Waals surface area contributed by atoms with Gasteiger partial charge in [0, 0.05) is 13.1 Å². The van der Waals surface area contributed by atoms with E-state index in [2.05, 4.69) is 0 Å². The normalized spacial score (nSPS) is 11.3. The van der Waals surface area contributed by atoms with Gasteiger partial charge in [0.25, 0.3) is 0 Å². The molecule has 1 rings (SSSR count). The number of carboxylic acids is 1. The van der Waals surface area contributed by atoms with Crippen LogP contribution in [0.15, 0.2) is 23.1 Å². The van der Waals surface area contributed by atoms with E-state index in [0.717, 1.165) is 4.31 Å². The van der Waals surface area contributed by atoms with Gasteiger partial charge in [-0.05, 0) is 18.2 Å². The van der Waals surface area contributed by atoms with E-state index in [0.29, 0.717) is 0 Å². The highest BCUT2D eigenvalue weighted by Gasteiger charge is 2.26. The van der Waals surface area contributed by atoms with Crippen molar-refractivity contribution in [2.24, 2.45) is 0 Å². The lowest BCUT2D eigenvalue weighted by Crippen LogP contribution is -2.33. The molecule has 0 fully saturated rings. The molecule has 0 aliphatic rings. The summed E-state index contributed by atoms with van der Waals surface area (Å²) in [7, 11) is -3.92. The molecule has 1 N–H and O–H groups in total. The van der Waals surface area contributed by atoms with Crippen LogP contribution in [0.25, 0.3) is 0 Å². The fourth-order valence-electron chi connectivity index (χ4n) is 1.58. The molecule has 0 aliphatic heterocycles. The van der Waals surface area contributed by atoms with Crippen LogP contribution in [0, 0.1) is 11.3 Å². The van der Waals surface area contributed by atoms with Crippen molar-refractivity contribution in [2.75, 3.05) is 13.1 Å². The van der Waals surface area contributed by atoms with E-state index in [4.69, 9.17) is 22.0 Å². The van der Waals surface area contributed by atoms with Crippen molar-refractivity contribution in [3.05, 3.63) is 28.8 Å². The van der Waals surface area contributed by atoms with E-state index < -0.39 is 16.0 Å². The number of halogens is 1. The Morgan fingerprint density at radius 3 is 2.65 bits per heavy atom. The van der Waals surface area contributed by atoms with Crippen molar-refractivity contribution in [3.8, 4) is 6.07 Å². The van der Waals surface area contributed by atoms with Gasteiger partial charge in [-0.1, -0.05) is 18.5 Å². The van der Waals surface area contributed by atoms with Gasteiger partial charge in [0.1, 0.15) is 4.90 Å². The van der Waals surface area contributed by atoms with Crippen molar-refractivity contribution in [1.82, 2.24) is 4.31 Å². The standard InChI is InChI=1S/C12H13ClN2O4S/c1-2-15(6-5-12(16)17)20(18,19)11-7-9(8-14)3-4-10(11)13/h3-4,7H,2,5-6H2,1H3,(H,16,17). The molecular weight excluding hydrogens is 304 g/mol. The van der Waals surface area contributed by atoms with Crippen LogP contribution in [0.2, 0.25) is 5.02 Å². The third kappa shape index (κ3) is 3.70. The zero-order chi connectivity index (χ0) is 15.3. The molecule has 20 heavy (non-hydrogen) atoms. The van der Waals surface area contributed by atoms with E-state index in [-0.39, 0.29) is 35.0 Å². The Balaban J connectivity index is 3.20. The fraction of sp³-hybridized carbons (Fsp3) is 0.333. The van der Waals surface area contributed by atoms with Crippen molar-refractivity contribution in [1.29, 1.82) is 5.26 Å². The zero-order valence-electron chi connectivity index (χ0n) is 10.7. The third-order valence-corrected chi connectivity index (χ3v) is 5.06. The number of sulfonamides is 1. The van der Waals surface area contributed by atoms with E-state index in [1.165, 1.54) is 18.2 Å². The van der Waals surface area contributed by atoms with Gasteiger partial charge >= 0.3 is 5.97 Å². The van der Waals surface area contributed by atoms with Crippen LogP contribution >= 0.6 is 11.6 Å². The summed E-state index contributed by atoms with van der Waals surface area (Å²) in [6.45, 7) is 1.56. The number of carbonyl (C=O) groups is 1. The Morgan fingerprint density at radius 2 is 2.15 bits per heavy atom. The maximum Gasteiger partial charge on any atom is 0.304 e. The molecule has 0 spiro atoms. The number of nitrogens with zero attached hydrogens (tertiary/aromatic N) is 2. The largest absolute Gasteiger partial charge is 0.481 e. The summed E-state index contributed by atoms with van der Waals surface area (Å²) in [5.41, 5.74) is 0.169. The first-order chi connectivity index (χ1) is 9.32. The molecule has 0 bridgehead atoms. The molecule has 6 nitrogen and oxygen atoms in total. The van der Waals surface area contributed by atoms with E-state index in [9.17, 15) is 13.2 Å². The second-order valence-corrected chi connectivity index (χ2v) is 6.21. The van der Waals surface area contributed by atoms with Gasteiger partial charge in [-0.3, -0.25) is 4.79 Å². The first-order valence-electron chi connectivity index (χ1n) is 5.74. The molecule has 8 heteroatoms. The number of rotatable bonds is 6. The number of hydrogen-bond acceptors (Lipinski definition) is 4. The Morgan fingerprint density at radius 1 is 1.50 bits per heavy atom. The Bertz CT molecular complexity index is 652. The maximum absolute atomic E-state index is 12.4. The number of aliphatic carboxylic acids is 1. The van der Waals surface area contributed by atoms with Crippen LogP contribution in [0.4, 0.5) is 0 Å². The minimum atomic E-state index is -3.92. The first kappa shape index (κ1) is 16.4. The number of hydrogen-bond donors (Lipinski definition) is 1. The van der Waals surface area contributed by atoms with Gasteiger partial charge in [0.05, 0.1) is 23.1 Å². The van der Waals surface area contributed by atoms with Gasteiger partial charge < -0.3 is 5.11 Å². The second-order valence-electron chi connectivity index (χ2n) is 3.90. The maximum atomic E-state index is 12.4. The Labute approximate surface area is 122 Å². The molecule has 0 aliphatic carbocycles. The van der Waals surface area contributed by atoms with Crippen LogP contribution in [0.1, 0.15) is 18.9 Å². The minimum Gasteiger partial charge on any atom is -0.481 e. The molecule has 0 unspecified atom stereocenters. The molecule has 0 radical (unpaired) electrons. The van der Waals surface area contributed by atoms with Crippen molar-refractivity contribution < 1.29 is 18.3 Å². The quantitative estimate of drug-likeness (QED) is 0.861. The van der Waals surface area contributed by atoms with Crippen LogP contribution in [-0.4, -0.2) is 36.9 Å². The fourth-order valence-corrected chi connectivity index (χ4v) is 3.53. The monoisotopic (exact) mass is 316 g/mol. The summed E-state index contributed by atoms with van der Waals surface area (Å²) in [4.78, 5) is 10.4. The zero-order valence-corrected chi connectivity index (χ0v) is 12.3. The van der Waals surface area contributed by atoms with Gasteiger partial charge in [-0.2, -0.15) is 9.57 Å². The molecule has 0 aromatic heterocycles. The van der Waals surface area contributed by atoms with Crippen molar-refractivity contribution >= 4 is 27.6 Å². The Kier molecular flexibility index (Phi) is 5.51. The first-order valence-corrected chi connectivity index (χ1v) is 7.56. The summed E-state index contributed by atoms with van der Waals surface area (Å²) < 4.78 is 25.8. The summed E-state index contributed by atoms with van der Waals surface area (Å²) in [6, 6.07) is 5.76. The van der Waals surface area contributed by atoms with Gasteiger partial charge in [-0.25, -0.2) is 8.42 Å². The highest BCUT2D eigenvalue weighted by atomic mass is 35.5. The lowest BCUT2D eigenvalue weighted by Gasteiger charge is -2.20. The summed E-state index contributed by atoms with van der Waals surface area (Å²) >= 11 is 5.87. The third-order valence-electron chi connectivity index (χ3n) is 2.61. The van der Waals surface area contributed by atoms with Crippen LogP contribution in [0.3, 0.4) is 0 Å². The average molecular weight is 317 g/mol. The number of benzene rings is 1. The molecule has 108 valence electrons. The molecular formula is C12H13ClN2O4S. The predicted molar refractivity (Wildman–Crippen MR) is 72.9 cm³/mol. The number of carboxylic acid groups (broad SMARTS) is 1. The molecule has 0 heterocycles. The van der Waals surface area contributed by atoms with E-state index in [1.54, 1.807) is 6.92 Å². The van der Waals surface area contributed by atoms with E-state index >= 15 is 0 Å². The van der Waals surface area contributed by atoms with Gasteiger partial charge in [0.15, 0.2) is 0 Å². The highest BCUT2D eigenvalue weighted by Crippen LogP contribution is 2.25. The van der Waals surface area contributed by atoms with Crippen LogP contribution in [-0.2, 0) is 14.8 Å². The van der Waals surface area contributed by atoms with Crippen molar-refractivity contribution in [2.45, 2.75) is 18.2 Å². The molecule has 0 saturated heterocycles. The Hall–Kier alpha value is -1.62. The van der Waals surface area contributed by atoms with E-state index in [1.807, 2.05) is 6.07 Å². The minimum absolute atomic E-state index is 0.00206. The second kappa shape index (κ2) is 6.70. The smallest absolute Gasteiger partial charge is 0.304 e. The molecule has 1 aromatic rings. The average Bonchev–Trinajstić information content (AvgIpc) is 2.39. The summed E-state index contributed by atoms with van der Waals surface area (Å²) in [6.07, 6.45) is -0.303. The van der Waals surface area contributed by atoms with Crippen LogP contribution in [0.5, 0.6) is 0 Å². The van der Waals surface area contributed by atoms with Gasteiger partial charge in [0.2, 0.25) is 10.0 Å².